The van der Waals surface area contributed by atoms with Crippen LogP contribution in [0.15, 0.2) is 60.7 Å². The van der Waals surface area contributed by atoms with Gasteiger partial charge in [0.15, 0.2) is 0 Å². The first-order valence-electron chi connectivity index (χ1n) is 9.45. The van der Waals surface area contributed by atoms with Gasteiger partial charge in [-0.25, -0.2) is 0 Å². The minimum absolute atomic E-state index is 0.0307. The van der Waals surface area contributed by atoms with Crippen LogP contribution in [-0.4, -0.2) is 38.8 Å². The molecule has 1 aliphatic rings. The summed E-state index contributed by atoms with van der Waals surface area (Å²) >= 11 is 0. The molecule has 3 rings (SSSR count). The van der Waals surface area contributed by atoms with Crippen LogP contribution in [0.3, 0.4) is 0 Å². The van der Waals surface area contributed by atoms with E-state index in [1.54, 1.807) is 0 Å². The van der Waals surface area contributed by atoms with Crippen molar-refractivity contribution in [3.63, 3.8) is 0 Å². The average molecular weight is 381 g/mol. The summed E-state index contributed by atoms with van der Waals surface area (Å²) in [7, 11) is -2.53. The Morgan fingerprint density at radius 1 is 1.04 bits per heavy atom. The predicted octanol–water partition coefficient (Wildman–Crippen LogP) is 2.72. The van der Waals surface area contributed by atoms with E-state index in [-0.39, 0.29) is 11.1 Å². The van der Waals surface area contributed by atoms with Gasteiger partial charge in [-0.1, -0.05) is 93.3 Å². The van der Waals surface area contributed by atoms with Crippen LogP contribution in [0.25, 0.3) is 0 Å². The summed E-state index contributed by atoms with van der Waals surface area (Å²) in [5.41, 5.74) is 0. The molecule has 0 bridgehead atoms. The van der Waals surface area contributed by atoms with E-state index in [0.717, 1.165) is 0 Å². The van der Waals surface area contributed by atoms with Gasteiger partial charge in [-0.2, -0.15) is 0 Å². The summed E-state index contributed by atoms with van der Waals surface area (Å²) in [6.45, 7) is 7.75. The number of hydrogen-bond acceptors (Lipinski definition) is 3. The molecule has 0 unspecified atom stereocenters. The molecule has 0 aromatic heterocycles. The van der Waals surface area contributed by atoms with Gasteiger partial charge in [0.05, 0.1) is 19.3 Å². The van der Waals surface area contributed by atoms with Gasteiger partial charge in [-0.05, 0) is 15.4 Å². The second-order valence-corrected chi connectivity index (χ2v) is 12.3. The molecule has 2 aromatic carbocycles. The normalized spacial score (nSPS) is 17.7. The maximum absolute atomic E-state index is 9.87. The maximum Gasteiger partial charge on any atom is 0.262 e. The summed E-state index contributed by atoms with van der Waals surface area (Å²) in [5.74, 6) is 6.16. The van der Waals surface area contributed by atoms with Crippen molar-refractivity contribution in [1.29, 1.82) is 0 Å². The van der Waals surface area contributed by atoms with E-state index >= 15 is 0 Å². The molecule has 27 heavy (non-hydrogen) atoms. The molecule has 0 aliphatic carbocycles. The highest BCUT2D eigenvalue weighted by Gasteiger charge is 2.49. The lowest BCUT2D eigenvalue weighted by molar-refractivity contribution is 0.140. The standard InChI is InChI=1S/C23H28O3Si/c1-23(2,3)27(19-12-6-4-7-13-19,20-14-8-5-9-15-20)26-17-11-10-16-21(24)22-18-25-22/h4-9,12-15,21-22,24H,16-18H2,1-3H3/t21-,22-/m0/s1. The Balaban J connectivity index is 1.88. The largest absolute Gasteiger partial charge is 0.396 e. The molecule has 1 saturated heterocycles. The van der Waals surface area contributed by atoms with E-state index < -0.39 is 14.4 Å². The van der Waals surface area contributed by atoms with Crippen LogP contribution < -0.4 is 10.4 Å². The molecule has 0 spiro atoms. The zero-order valence-electron chi connectivity index (χ0n) is 16.3. The fourth-order valence-electron chi connectivity index (χ4n) is 3.54. The van der Waals surface area contributed by atoms with Gasteiger partial charge in [-0.3, -0.25) is 0 Å². The van der Waals surface area contributed by atoms with Crippen molar-refractivity contribution < 1.29 is 14.3 Å². The first-order chi connectivity index (χ1) is 12.9. The second kappa shape index (κ2) is 8.41. The molecule has 1 heterocycles. The topological polar surface area (TPSA) is 42.0 Å². The highest BCUT2D eigenvalue weighted by molar-refractivity contribution is 6.99. The SMILES string of the molecule is CC(C)(C)[Si](OCC#CC[C@H](O)[C@@H]1CO1)(c1ccccc1)c1ccccc1. The van der Waals surface area contributed by atoms with E-state index in [2.05, 4.69) is 81.1 Å². The van der Waals surface area contributed by atoms with Gasteiger partial charge in [0.1, 0.15) is 6.10 Å². The van der Waals surface area contributed by atoms with Crippen LogP contribution in [0.5, 0.6) is 0 Å². The van der Waals surface area contributed by atoms with Gasteiger partial charge >= 0.3 is 0 Å². The third-order valence-electron chi connectivity index (χ3n) is 5.00. The molecule has 0 amide bonds. The molecule has 0 radical (unpaired) electrons. The highest BCUT2D eigenvalue weighted by Crippen LogP contribution is 2.36. The lowest BCUT2D eigenvalue weighted by Crippen LogP contribution is -2.66. The average Bonchev–Trinajstić information content (AvgIpc) is 3.50. The Hall–Kier alpha value is -1.90. The zero-order valence-corrected chi connectivity index (χ0v) is 17.3. The summed E-state index contributed by atoms with van der Waals surface area (Å²) < 4.78 is 11.8. The summed E-state index contributed by atoms with van der Waals surface area (Å²) in [6.07, 6.45) is -0.100. The molecule has 2 atom stereocenters. The maximum atomic E-state index is 9.87. The predicted molar refractivity (Wildman–Crippen MR) is 112 cm³/mol. The number of epoxide rings is 1. The molecule has 0 saturated carbocycles. The van der Waals surface area contributed by atoms with Crippen LogP contribution in [-0.2, 0) is 9.16 Å². The fraction of sp³-hybridized carbons (Fsp3) is 0.391. The van der Waals surface area contributed by atoms with Crippen molar-refractivity contribution in [3.05, 3.63) is 60.7 Å². The Morgan fingerprint density at radius 3 is 2.00 bits per heavy atom. The molecule has 1 fully saturated rings. The van der Waals surface area contributed by atoms with Crippen LogP contribution in [0.1, 0.15) is 27.2 Å². The summed E-state index contributed by atoms with van der Waals surface area (Å²) in [6, 6.07) is 21.1. The third kappa shape index (κ3) is 4.51. The van der Waals surface area contributed by atoms with Gasteiger partial charge in [0, 0.05) is 6.42 Å². The van der Waals surface area contributed by atoms with E-state index in [0.29, 0.717) is 19.6 Å². The van der Waals surface area contributed by atoms with Gasteiger partial charge in [-0.15, -0.1) is 0 Å². The van der Waals surface area contributed by atoms with Crippen LogP contribution in [0.2, 0.25) is 5.04 Å². The number of aliphatic hydroxyl groups excluding tert-OH is 1. The smallest absolute Gasteiger partial charge is 0.262 e. The minimum atomic E-state index is -2.53. The molecular formula is C23H28O3Si. The van der Waals surface area contributed by atoms with Crippen LogP contribution >= 0.6 is 0 Å². The fourth-order valence-corrected chi connectivity index (χ4v) is 7.99. The van der Waals surface area contributed by atoms with Crippen molar-refractivity contribution in [3.8, 4) is 11.8 Å². The number of hydrogen-bond donors (Lipinski definition) is 1. The van der Waals surface area contributed by atoms with Crippen molar-refractivity contribution in [2.24, 2.45) is 0 Å². The molecule has 3 nitrogen and oxygen atoms in total. The molecule has 4 heteroatoms. The minimum Gasteiger partial charge on any atom is -0.396 e. The van der Waals surface area contributed by atoms with Crippen molar-refractivity contribution in [2.45, 2.75) is 44.4 Å². The monoisotopic (exact) mass is 380 g/mol. The Kier molecular flexibility index (Phi) is 6.18. The third-order valence-corrected chi connectivity index (χ3v) is 9.98. The quantitative estimate of drug-likeness (QED) is 0.476. The first kappa shape index (κ1) is 19.8. The molecule has 142 valence electrons. The number of benzene rings is 2. The van der Waals surface area contributed by atoms with E-state index in [1.165, 1.54) is 10.4 Å². The molecule has 1 aliphatic heterocycles. The van der Waals surface area contributed by atoms with E-state index in [4.69, 9.17) is 9.16 Å². The van der Waals surface area contributed by atoms with Crippen LogP contribution in [0.4, 0.5) is 0 Å². The molecular weight excluding hydrogens is 352 g/mol. The Labute approximate surface area is 163 Å². The summed E-state index contributed by atoms with van der Waals surface area (Å²) in [5, 5.41) is 12.3. The zero-order chi connectivity index (χ0) is 19.3. The van der Waals surface area contributed by atoms with Crippen molar-refractivity contribution in [2.75, 3.05) is 13.2 Å². The Bertz CT molecular complexity index is 744. The second-order valence-electron chi connectivity index (χ2n) is 7.95. The number of ether oxygens (including phenoxy) is 1. The number of aliphatic hydroxyl groups is 1. The highest BCUT2D eigenvalue weighted by atomic mass is 28.4. The van der Waals surface area contributed by atoms with E-state index in [1.807, 2.05) is 12.1 Å². The molecule has 2 aromatic rings. The van der Waals surface area contributed by atoms with Crippen molar-refractivity contribution >= 4 is 18.7 Å². The lowest BCUT2D eigenvalue weighted by Gasteiger charge is -2.42. The number of rotatable bonds is 6. The lowest BCUT2D eigenvalue weighted by atomic mass is 10.2. The van der Waals surface area contributed by atoms with Gasteiger partial charge in [0.25, 0.3) is 8.32 Å². The van der Waals surface area contributed by atoms with Gasteiger partial charge < -0.3 is 14.3 Å². The first-order valence-corrected chi connectivity index (χ1v) is 11.4. The molecule has 1 N–H and O–H groups in total. The van der Waals surface area contributed by atoms with E-state index in [9.17, 15) is 5.11 Å². The van der Waals surface area contributed by atoms with Crippen LogP contribution in [0, 0.1) is 11.8 Å². The Morgan fingerprint density at radius 2 is 1.56 bits per heavy atom. The van der Waals surface area contributed by atoms with Crippen molar-refractivity contribution in [1.82, 2.24) is 0 Å². The van der Waals surface area contributed by atoms with Gasteiger partial charge in [0.2, 0.25) is 0 Å². The summed E-state index contributed by atoms with van der Waals surface area (Å²) in [4.78, 5) is 0.